The maximum Gasteiger partial charge on any atom is 0.0848 e. The van der Waals surface area contributed by atoms with Crippen LogP contribution in [0.15, 0.2) is 134 Å². The zero-order valence-electron chi connectivity index (χ0n) is 26.2. The molecule has 3 aromatic rings. The molecule has 44 heavy (non-hydrogen) atoms. The van der Waals surface area contributed by atoms with E-state index in [1.165, 1.54) is 40.0 Å². The second-order valence-electron chi connectivity index (χ2n) is 10.8. The van der Waals surface area contributed by atoms with E-state index in [0.717, 1.165) is 68.4 Å². The Morgan fingerprint density at radius 2 is 1.61 bits per heavy atom. The largest absolute Gasteiger partial charge is 0.358 e. The number of hydrogen-bond acceptors (Lipinski definition) is 2. The summed E-state index contributed by atoms with van der Waals surface area (Å²) in [6.45, 7) is 15.0. The van der Waals surface area contributed by atoms with Crippen LogP contribution in [-0.2, 0) is 32.2 Å². The van der Waals surface area contributed by atoms with E-state index in [1.807, 2.05) is 6.08 Å². The third-order valence-corrected chi connectivity index (χ3v) is 7.81. The second kappa shape index (κ2) is 18.7. The van der Waals surface area contributed by atoms with Crippen molar-refractivity contribution in [1.82, 2.24) is 9.78 Å². The molecule has 1 N–H and O–H groups in total. The first-order valence-corrected chi connectivity index (χ1v) is 15.5. The highest BCUT2D eigenvalue weighted by Gasteiger charge is 2.12. The minimum atomic E-state index is 0.618. The van der Waals surface area contributed by atoms with Crippen molar-refractivity contribution >= 4 is 11.8 Å². The van der Waals surface area contributed by atoms with Crippen LogP contribution in [0.25, 0.3) is 6.08 Å². The van der Waals surface area contributed by atoms with Gasteiger partial charge in [-0.25, -0.2) is 0 Å². The molecule has 0 bridgehead atoms. The molecule has 3 nitrogen and oxygen atoms in total. The van der Waals surface area contributed by atoms with Crippen LogP contribution < -0.4 is 5.32 Å². The maximum absolute atomic E-state index is 4.82. The van der Waals surface area contributed by atoms with Gasteiger partial charge in [-0.2, -0.15) is 5.10 Å². The van der Waals surface area contributed by atoms with Crippen molar-refractivity contribution in [2.24, 2.45) is 0 Å². The average molecular weight is 582 g/mol. The van der Waals surface area contributed by atoms with Crippen LogP contribution in [0.3, 0.4) is 0 Å². The van der Waals surface area contributed by atoms with Gasteiger partial charge in [-0.3, -0.25) is 4.68 Å². The van der Waals surface area contributed by atoms with E-state index in [0.29, 0.717) is 6.54 Å². The Morgan fingerprint density at radius 1 is 0.886 bits per heavy atom. The lowest BCUT2D eigenvalue weighted by atomic mass is 9.94. The number of nitrogens with one attached hydrogen (secondary N) is 1. The van der Waals surface area contributed by atoms with Crippen LogP contribution >= 0.6 is 0 Å². The number of para-hydroxylation sites is 1. The van der Waals surface area contributed by atoms with Crippen molar-refractivity contribution in [3.63, 3.8) is 0 Å². The average Bonchev–Trinajstić information content (AvgIpc) is 3.48. The monoisotopic (exact) mass is 581 g/mol. The molecule has 2 aromatic carbocycles. The van der Waals surface area contributed by atoms with Crippen LogP contribution in [0.2, 0.25) is 0 Å². The summed E-state index contributed by atoms with van der Waals surface area (Å²) in [7, 11) is 0. The van der Waals surface area contributed by atoms with Gasteiger partial charge in [-0.05, 0) is 98.3 Å². The molecule has 2 aliphatic rings. The van der Waals surface area contributed by atoms with Gasteiger partial charge in [0.25, 0.3) is 0 Å². The number of nitrogens with zero attached hydrogens (tertiary/aromatic N) is 2. The molecule has 0 amide bonds. The van der Waals surface area contributed by atoms with Crippen molar-refractivity contribution in [3.8, 4) is 12.8 Å². The molecular formula is C41H47N3. The minimum absolute atomic E-state index is 0.618. The number of allylic oxidation sites excluding steroid dienone is 9. The first kappa shape index (κ1) is 33.7. The summed E-state index contributed by atoms with van der Waals surface area (Å²) in [5.41, 5.74) is 11.3. The molecule has 2 aliphatic carbocycles. The highest BCUT2D eigenvalue weighted by Crippen LogP contribution is 2.24. The lowest BCUT2D eigenvalue weighted by molar-refractivity contribution is 0.634. The lowest BCUT2D eigenvalue weighted by Crippen LogP contribution is -2.13. The van der Waals surface area contributed by atoms with Crippen LogP contribution in [0, 0.1) is 12.8 Å². The van der Waals surface area contributed by atoms with Gasteiger partial charge < -0.3 is 5.32 Å². The summed E-state index contributed by atoms with van der Waals surface area (Å²) in [5.74, 6) is 0. The van der Waals surface area contributed by atoms with E-state index in [-0.39, 0.29) is 0 Å². The third-order valence-electron chi connectivity index (χ3n) is 7.81. The van der Waals surface area contributed by atoms with E-state index in [4.69, 9.17) is 5.10 Å². The standard InChI is InChI=1S/C37H41N3.C2H4.C2H2/c1-3-35-27-36(25-24-32-18-10-11-20-34(32)26-31-16-8-5-9-17-31)40(39-35)28-29(2)38-37-21-13-12-19-33(37)23-22-30-14-6-4-7-15-30;2*1-2/h3-4,6,8,10-14,16-21,27,38H,1-2,5,7,9,15,22-26,28H2;1-2H2;1-2H. The zero-order valence-corrected chi connectivity index (χ0v) is 26.2. The van der Waals surface area contributed by atoms with E-state index in [1.54, 1.807) is 0 Å². The van der Waals surface area contributed by atoms with Gasteiger partial charge in [0.1, 0.15) is 0 Å². The number of terminal acetylenes is 1. The molecule has 0 spiro atoms. The molecule has 226 valence electrons. The summed E-state index contributed by atoms with van der Waals surface area (Å²) in [6, 6.07) is 19.6. The molecular weight excluding hydrogens is 534 g/mol. The molecule has 0 atom stereocenters. The van der Waals surface area contributed by atoms with Crippen LogP contribution in [0.4, 0.5) is 5.69 Å². The molecule has 3 heteroatoms. The predicted molar refractivity (Wildman–Crippen MR) is 191 cm³/mol. The predicted octanol–water partition coefficient (Wildman–Crippen LogP) is 10.0. The molecule has 5 rings (SSSR count). The van der Waals surface area contributed by atoms with E-state index >= 15 is 0 Å². The fourth-order valence-electron chi connectivity index (χ4n) is 5.60. The van der Waals surface area contributed by atoms with Crippen LogP contribution in [0.1, 0.15) is 60.2 Å². The molecule has 0 saturated heterocycles. The highest BCUT2D eigenvalue weighted by atomic mass is 15.3. The molecule has 1 aromatic heterocycles. The summed E-state index contributed by atoms with van der Waals surface area (Å²) in [4.78, 5) is 0. The van der Waals surface area contributed by atoms with E-state index < -0.39 is 0 Å². The number of aryl methyl sites for hydroxylation is 3. The summed E-state index contributed by atoms with van der Waals surface area (Å²) >= 11 is 0. The Bertz CT molecular complexity index is 1520. The van der Waals surface area contributed by atoms with Crippen molar-refractivity contribution in [1.29, 1.82) is 0 Å². The number of hydrogen-bond donors (Lipinski definition) is 1. The Labute approximate surface area is 265 Å². The molecule has 0 radical (unpaired) electrons. The van der Waals surface area contributed by atoms with Gasteiger partial charge in [-0.15, -0.1) is 26.0 Å². The summed E-state index contributed by atoms with van der Waals surface area (Å²) in [5, 5.41) is 8.43. The fraction of sp³-hybridized carbons (Fsp3) is 0.244. The maximum atomic E-state index is 4.82. The van der Waals surface area contributed by atoms with Crippen molar-refractivity contribution in [3.05, 3.63) is 162 Å². The topological polar surface area (TPSA) is 29.9 Å². The fourth-order valence-corrected chi connectivity index (χ4v) is 5.60. The summed E-state index contributed by atoms with van der Waals surface area (Å²) < 4.78 is 2.09. The van der Waals surface area contributed by atoms with Gasteiger partial charge in [0, 0.05) is 17.1 Å². The number of rotatable bonds is 13. The zero-order chi connectivity index (χ0) is 31.6. The molecule has 0 saturated carbocycles. The van der Waals surface area contributed by atoms with Gasteiger partial charge in [0.05, 0.1) is 12.2 Å². The van der Waals surface area contributed by atoms with Gasteiger partial charge >= 0.3 is 0 Å². The SMILES string of the molecule is C#C.C=C.C=Cc1cc(CCc2ccccc2CC2=CCCC=C2)n(CC(=C)Nc2ccccc2CCC2=CC=CCC2)n1. The smallest absolute Gasteiger partial charge is 0.0848 e. The number of anilines is 1. The molecule has 0 unspecified atom stereocenters. The van der Waals surface area contributed by atoms with E-state index in [2.05, 4.69) is 140 Å². The number of aromatic nitrogens is 2. The summed E-state index contributed by atoms with van der Waals surface area (Å²) in [6.07, 6.45) is 33.1. The first-order valence-electron chi connectivity index (χ1n) is 15.5. The molecule has 0 aliphatic heterocycles. The van der Waals surface area contributed by atoms with Gasteiger partial charge in [0.2, 0.25) is 0 Å². The second-order valence-corrected chi connectivity index (χ2v) is 10.8. The first-order chi connectivity index (χ1) is 21.7. The Balaban J connectivity index is 0.00000127. The van der Waals surface area contributed by atoms with Crippen molar-refractivity contribution in [2.75, 3.05) is 5.32 Å². The Morgan fingerprint density at radius 3 is 2.32 bits per heavy atom. The van der Waals surface area contributed by atoms with Crippen LogP contribution in [0.5, 0.6) is 0 Å². The van der Waals surface area contributed by atoms with Gasteiger partial charge in [-0.1, -0.05) is 97.7 Å². The van der Waals surface area contributed by atoms with Crippen LogP contribution in [-0.4, -0.2) is 9.78 Å². The Kier molecular flexibility index (Phi) is 14.3. The Hall–Kier alpha value is -4.81. The van der Waals surface area contributed by atoms with Crippen molar-refractivity contribution < 1.29 is 0 Å². The molecule has 0 fully saturated rings. The normalized spacial score (nSPS) is 13.3. The molecule has 1 heterocycles. The minimum Gasteiger partial charge on any atom is -0.358 e. The number of benzene rings is 2. The third kappa shape index (κ3) is 10.2. The quantitative estimate of drug-likeness (QED) is 0.161. The van der Waals surface area contributed by atoms with Crippen molar-refractivity contribution in [2.45, 2.75) is 64.3 Å². The van der Waals surface area contributed by atoms with Gasteiger partial charge in [0.15, 0.2) is 0 Å². The van der Waals surface area contributed by atoms with E-state index in [9.17, 15) is 0 Å². The highest BCUT2D eigenvalue weighted by molar-refractivity contribution is 5.55. The lowest BCUT2D eigenvalue weighted by Gasteiger charge is -2.16.